The molecule has 132 valence electrons. The van der Waals surface area contributed by atoms with Crippen molar-refractivity contribution in [2.45, 2.75) is 6.54 Å². The normalized spacial score (nSPS) is 11.0. The molecule has 1 aromatic heterocycles. The van der Waals surface area contributed by atoms with Crippen LogP contribution in [-0.2, 0) is 6.54 Å². The van der Waals surface area contributed by atoms with Gasteiger partial charge in [0.15, 0.2) is 5.69 Å². The number of aromatic nitrogens is 2. The Balaban J connectivity index is 1.62. The first kappa shape index (κ1) is 18.6. The molecule has 1 N–H and O–H groups in total. The van der Waals surface area contributed by atoms with E-state index in [4.69, 9.17) is 23.2 Å². The van der Waals surface area contributed by atoms with E-state index in [0.29, 0.717) is 22.2 Å². The van der Waals surface area contributed by atoms with E-state index in [1.165, 1.54) is 6.21 Å². The lowest BCUT2D eigenvalue weighted by molar-refractivity contribution is 0.0949. The van der Waals surface area contributed by atoms with Gasteiger partial charge in [0.05, 0.1) is 17.8 Å². The number of halogens is 3. The summed E-state index contributed by atoms with van der Waals surface area (Å²) in [4.78, 5) is 12.1. The van der Waals surface area contributed by atoms with Crippen molar-refractivity contribution >= 4 is 51.3 Å². The molecular formula is C18H13BrCl2N4O. The predicted molar refractivity (Wildman–Crippen MR) is 107 cm³/mol. The topological polar surface area (TPSA) is 59.3 Å². The third kappa shape index (κ3) is 4.94. The molecule has 0 aliphatic carbocycles. The first-order valence-electron chi connectivity index (χ1n) is 7.57. The van der Waals surface area contributed by atoms with Crippen LogP contribution in [0.3, 0.4) is 0 Å². The Morgan fingerprint density at radius 3 is 2.85 bits per heavy atom. The second-order valence-corrected chi connectivity index (χ2v) is 7.15. The first-order chi connectivity index (χ1) is 12.5. The molecule has 1 amide bonds. The van der Waals surface area contributed by atoms with E-state index < -0.39 is 5.91 Å². The molecule has 2 aromatic carbocycles. The standard InChI is InChI=1S/C18H13BrCl2N4O/c19-14-3-1-2-12(8-14)11-25-7-6-17(24-25)18(26)23-22-10-13-4-5-15(20)9-16(13)21/h1-10H,11H2,(H,23,26)/b22-10+. The Kier molecular flexibility index (Phi) is 6.08. The molecule has 0 radical (unpaired) electrons. The van der Waals surface area contributed by atoms with Gasteiger partial charge in [-0.1, -0.05) is 57.3 Å². The third-order valence-electron chi connectivity index (χ3n) is 3.44. The van der Waals surface area contributed by atoms with E-state index in [0.717, 1.165) is 10.0 Å². The van der Waals surface area contributed by atoms with Gasteiger partial charge in [0.1, 0.15) is 0 Å². The summed E-state index contributed by atoms with van der Waals surface area (Å²) >= 11 is 15.3. The molecule has 0 saturated carbocycles. The van der Waals surface area contributed by atoms with Gasteiger partial charge < -0.3 is 0 Å². The number of rotatable bonds is 5. The summed E-state index contributed by atoms with van der Waals surface area (Å²) in [5.41, 5.74) is 4.43. The fourth-order valence-electron chi connectivity index (χ4n) is 2.22. The van der Waals surface area contributed by atoms with E-state index in [2.05, 4.69) is 31.6 Å². The maximum absolute atomic E-state index is 12.1. The molecule has 8 heteroatoms. The van der Waals surface area contributed by atoms with Gasteiger partial charge in [-0.2, -0.15) is 10.2 Å². The van der Waals surface area contributed by atoms with Crippen molar-refractivity contribution in [1.29, 1.82) is 0 Å². The Labute approximate surface area is 168 Å². The van der Waals surface area contributed by atoms with Gasteiger partial charge in [-0.05, 0) is 35.9 Å². The maximum Gasteiger partial charge on any atom is 0.291 e. The zero-order chi connectivity index (χ0) is 18.5. The van der Waals surface area contributed by atoms with E-state index in [1.54, 1.807) is 35.1 Å². The average Bonchev–Trinajstić information content (AvgIpc) is 3.05. The number of hydrogen-bond acceptors (Lipinski definition) is 3. The fourth-order valence-corrected chi connectivity index (χ4v) is 3.12. The van der Waals surface area contributed by atoms with E-state index in [1.807, 2.05) is 24.3 Å². The van der Waals surface area contributed by atoms with Crippen molar-refractivity contribution in [3.8, 4) is 0 Å². The number of carbonyl (C=O) groups excluding carboxylic acids is 1. The molecule has 3 aromatic rings. The van der Waals surface area contributed by atoms with Crippen molar-refractivity contribution in [1.82, 2.24) is 15.2 Å². The van der Waals surface area contributed by atoms with Crippen LogP contribution in [0, 0.1) is 0 Å². The molecule has 0 saturated heterocycles. The second kappa shape index (κ2) is 8.49. The lowest BCUT2D eigenvalue weighted by Crippen LogP contribution is -2.18. The largest absolute Gasteiger partial charge is 0.291 e. The Morgan fingerprint density at radius 2 is 2.08 bits per heavy atom. The van der Waals surface area contributed by atoms with Gasteiger partial charge in [-0.25, -0.2) is 5.43 Å². The summed E-state index contributed by atoms with van der Waals surface area (Å²) in [6.07, 6.45) is 3.20. The van der Waals surface area contributed by atoms with Gasteiger partial charge >= 0.3 is 0 Å². The lowest BCUT2D eigenvalue weighted by Gasteiger charge is -2.02. The Morgan fingerprint density at radius 1 is 1.23 bits per heavy atom. The van der Waals surface area contributed by atoms with Gasteiger partial charge in [0, 0.05) is 21.3 Å². The number of nitrogens with one attached hydrogen (secondary N) is 1. The lowest BCUT2D eigenvalue weighted by atomic mass is 10.2. The smallest absolute Gasteiger partial charge is 0.268 e. The minimum atomic E-state index is -0.403. The molecule has 1 heterocycles. The minimum Gasteiger partial charge on any atom is -0.268 e. The number of amides is 1. The van der Waals surface area contributed by atoms with Crippen LogP contribution in [0.4, 0.5) is 0 Å². The highest BCUT2D eigenvalue weighted by Crippen LogP contribution is 2.19. The fraction of sp³-hybridized carbons (Fsp3) is 0.0556. The Bertz CT molecular complexity index is 971. The second-order valence-electron chi connectivity index (χ2n) is 5.39. The van der Waals surface area contributed by atoms with Crippen LogP contribution in [0.5, 0.6) is 0 Å². The van der Waals surface area contributed by atoms with Crippen molar-refractivity contribution < 1.29 is 4.79 Å². The molecule has 0 fully saturated rings. The summed E-state index contributed by atoms with van der Waals surface area (Å²) in [7, 11) is 0. The highest BCUT2D eigenvalue weighted by molar-refractivity contribution is 9.10. The average molecular weight is 452 g/mol. The molecule has 0 bridgehead atoms. The van der Waals surface area contributed by atoms with Gasteiger partial charge in [-0.3, -0.25) is 9.48 Å². The molecule has 3 rings (SSSR count). The molecule has 0 unspecified atom stereocenters. The zero-order valence-electron chi connectivity index (χ0n) is 13.4. The SMILES string of the molecule is O=C(N/N=C/c1ccc(Cl)cc1Cl)c1ccn(Cc2cccc(Br)c2)n1. The van der Waals surface area contributed by atoms with Crippen LogP contribution >= 0.6 is 39.1 Å². The van der Waals surface area contributed by atoms with Crippen LogP contribution in [0.25, 0.3) is 0 Å². The monoisotopic (exact) mass is 450 g/mol. The van der Waals surface area contributed by atoms with Crippen LogP contribution in [-0.4, -0.2) is 21.9 Å². The highest BCUT2D eigenvalue weighted by Gasteiger charge is 2.09. The van der Waals surface area contributed by atoms with Crippen molar-refractivity contribution in [3.63, 3.8) is 0 Å². The van der Waals surface area contributed by atoms with Crippen LogP contribution < -0.4 is 5.43 Å². The molecule has 5 nitrogen and oxygen atoms in total. The molecule has 0 spiro atoms. The zero-order valence-corrected chi connectivity index (χ0v) is 16.5. The summed E-state index contributed by atoms with van der Waals surface area (Å²) in [5.74, 6) is -0.403. The van der Waals surface area contributed by atoms with Gasteiger partial charge in [-0.15, -0.1) is 0 Å². The molecule has 0 atom stereocenters. The van der Waals surface area contributed by atoms with E-state index >= 15 is 0 Å². The van der Waals surface area contributed by atoms with E-state index in [-0.39, 0.29) is 5.69 Å². The number of nitrogens with zero attached hydrogens (tertiary/aromatic N) is 3. The quantitative estimate of drug-likeness (QED) is 0.448. The molecule has 26 heavy (non-hydrogen) atoms. The minimum absolute atomic E-state index is 0.277. The third-order valence-corrected chi connectivity index (χ3v) is 4.49. The number of benzene rings is 2. The summed E-state index contributed by atoms with van der Waals surface area (Å²) < 4.78 is 2.69. The number of hydrazone groups is 1. The van der Waals surface area contributed by atoms with Crippen molar-refractivity contribution in [2.24, 2.45) is 5.10 Å². The van der Waals surface area contributed by atoms with Crippen LogP contribution in [0.2, 0.25) is 10.0 Å². The maximum atomic E-state index is 12.1. The van der Waals surface area contributed by atoms with E-state index in [9.17, 15) is 4.79 Å². The predicted octanol–water partition coefficient (Wildman–Crippen LogP) is 4.76. The van der Waals surface area contributed by atoms with Crippen molar-refractivity contribution in [3.05, 3.63) is 86.1 Å². The summed E-state index contributed by atoms with van der Waals surface area (Å²) in [6, 6.07) is 14.6. The summed E-state index contributed by atoms with van der Waals surface area (Å²) in [5, 5.41) is 9.15. The number of carbonyl (C=O) groups is 1. The van der Waals surface area contributed by atoms with Gasteiger partial charge in [0.2, 0.25) is 0 Å². The molecule has 0 aliphatic rings. The number of hydrogen-bond donors (Lipinski definition) is 1. The van der Waals surface area contributed by atoms with Gasteiger partial charge in [0.25, 0.3) is 5.91 Å². The summed E-state index contributed by atoms with van der Waals surface area (Å²) in [6.45, 7) is 0.566. The first-order valence-corrected chi connectivity index (χ1v) is 9.12. The molecular weight excluding hydrogens is 439 g/mol. The Hall–Kier alpha value is -2.15. The molecule has 0 aliphatic heterocycles. The van der Waals surface area contributed by atoms with Crippen LogP contribution in [0.15, 0.2) is 64.3 Å². The highest BCUT2D eigenvalue weighted by atomic mass is 79.9. The van der Waals surface area contributed by atoms with Crippen LogP contribution in [0.1, 0.15) is 21.6 Å². The van der Waals surface area contributed by atoms with Crippen molar-refractivity contribution in [2.75, 3.05) is 0 Å².